The molecule has 0 amide bonds. The molecule has 18 aromatic carbocycles. The maximum Gasteiger partial charge on any atom is 0.120 e. The van der Waals surface area contributed by atoms with Crippen molar-refractivity contribution in [2.24, 2.45) is 0 Å². The first-order valence-corrected chi connectivity index (χ1v) is 47.5. The van der Waals surface area contributed by atoms with Crippen LogP contribution in [0.1, 0.15) is 110 Å². The third kappa shape index (κ3) is 19.4. The van der Waals surface area contributed by atoms with Crippen LogP contribution in [0.2, 0.25) is 0 Å². The number of unbranched alkanes of at least 4 members (excludes halogenated alkanes) is 6. The number of nitrogens with zero attached hydrogens (tertiary/aromatic N) is 4. The Morgan fingerprint density at radius 2 is 0.409 bits per heavy atom. The lowest BCUT2D eigenvalue weighted by Gasteiger charge is -2.28. The fourth-order valence-electron chi connectivity index (χ4n) is 18.9. The molecule has 132 heavy (non-hydrogen) atoms. The van der Waals surface area contributed by atoms with Crippen LogP contribution in [0.3, 0.4) is 0 Å². The van der Waals surface area contributed by atoms with Crippen molar-refractivity contribution in [3.8, 4) is 89.4 Å². The molecular formula is C126H110N4O2. The molecule has 20 rings (SSSR count). The molecule has 0 aliphatic heterocycles. The minimum Gasteiger partial charge on any atom is -0.489 e. The molecule has 0 N–H and O–H groups in total. The van der Waals surface area contributed by atoms with E-state index in [0.717, 1.165) is 129 Å². The average molecular weight is 1710 g/mol. The Kier molecular flexibility index (Phi) is 25.8. The average Bonchev–Trinajstić information content (AvgIpc) is 0.779. The van der Waals surface area contributed by atoms with Gasteiger partial charge in [-0.25, -0.2) is 0 Å². The summed E-state index contributed by atoms with van der Waals surface area (Å²) in [7, 11) is 0. The lowest BCUT2D eigenvalue weighted by atomic mass is 9.89. The second-order valence-corrected chi connectivity index (χ2v) is 35.3. The summed E-state index contributed by atoms with van der Waals surface area (Å²) in [4.78, 5) is 9.52. The van der Waals surface area contributed by atoms with Gasteiger partial charge in [-0.15, -0.1) is 0 Å². The summed E-state index contributed by atoms with van der Waals surface area (Å²) in [5.74, 6) is 1.88. The smallest absolute Gasteiger partial charge is 0.120 e. The van der Waals surface area contributed by atoms with Gasteiger partial charge in [0.1, 0.15) is 24.7 Å². The fourth-order valence-corrected chi connectivity index (χ4v) is 18.9. The van der Waals surface area contributed by atoms with Gasteiger partial charge in [0, 0.05) is 68.2 Å². The van der Waals surface area contributed by atoms with Crippen molar-refractivity contribution in [3.05, 3.63) is 481 Å². The molecule has 0 radical (unpaired) electrons. The molecule has 2 aliphatic carbocycles. The standard InChI is InChI=1S/C126H110N4O2/c1-3-5-7-13-23-109-85-121(129(113-29-19-11-20-30-113)119-75-61-103(62-76-119)99-49-41-95(42-50-99)93-37-45-97(46-38-93)101-57-71-117(72-58-101)127(111-25-15-9-16-26-111)115-67-33-91(34-68-115)89-131-123-81-65-105-53-55-107(105)87-123)79-83-125(109)126-84-80-122(86-110(126)24-14-8-6-4-2)130(114-31-21-12-22-32-114)120-77-63-104(64-78-120)100-51-43-96(44-52-100)94-39-47-98(48-40-94)102-59-73-118(74-60-102)128(112-27-17-10-18-28-112)116-69-35-92(36-70-116)90-132-124-82-66-106-54-56-108(106)88-124/h9-12,15-22,25-52,57-88H,3-8,13-14,23-24,53-56,89-90H2,1-2H3. The molecule has 646 valence electrons. The van der Waals surface area contributed by atoms with Gasteiger partial charge in [0.2, 0.25) is 0 Å². The minimum absolute atomic E-state index is 0.530. The fraction of sp³-hybridized carbons (Fsp3) is 0.143. The van der Waals surface area contributed by atoms with Crippen molar-refractivity contribution in [2.45, 2.75) is 117 Å². The monoisotopic (exact) mass is 1710 g/mol. The second-order valence-electron chi connectivity index (χ2n) is 35.3. The minimum atomic E-state index is 0.530. The van der Waals surface area contributed by atoms with Crippen molar-refractivity contribution >= 4 is 68.2 Å². The molecule has 2 aliphatic rings. The van der Waals surface area contributed by atoms with Crippen LogP contribution in [-0.2, 0) is 51.7 Å². The number of hydrogen-bond donors (Lipinski definition) is 0. The van der Waals surface area contributed by atoms with Gasteiger partial charge >= 0.3 is 0 Å². The molecular weight excluding hydrogens is 1600 g/mol. The number of fused-ring (bicyclic) bond motifs is 2. The van der Waals surface area contributed by atoms with E-state index in [0.29, 0.717) is 13.2 Å². The molecule has 0 aromatic heterocycles. The van der Waals surface area contributed by atoms with E-state index in [-0.39, 0.29) is 0 Å². The van der Waals surface area contributed by atoms with Crippen LogP contribution in [-0.4, -0.2) is 0 Å². The Labute approximate surface area is 779 Å². The number of aryl methyl sites for hydroxylation is 6. The van der Waals surface area contributed by atoms with Crippen molar-refractivity contribution in [1.29, 1.82) is 0 Å². The molecule has 0 atom stereocenters. The third-order valence-corrected chi connectivity index (χ3v) is 26.6. The van der Waals surface area contributed by atoms with Crippen LogP contribution in [0.15, 0.2) is 437 Å². The van der Waals surface area contributed by atoms with Crippen molar-refractivity contribution in [3.63, 3.8) is 0 Å². The predicted octanol–water partition coefficient (Wildman–Crippen LogP) is 34.8. The van der Waals surface area contributed by atoms with Gasteiger partial charge in [-0.1, -0.05) is 319 Å². The molecule has 0 saturated heterocycles. The van der Waals surface area contributed by atoms with Gasteiger partial charge in [0.15, 0.2) is 0 Å². The lowest BCUT2D eigenvalue weighted by molar-refractivity contribution is 0.305. The van der Waals surface area contributed by atoms with E-state index in [4.69, 9.17) is 9.47 Å². The summed E-state index contributed by atoms with van der Waals surface area (Å²) in [5.41, 5.74) is 40.9. The van der Waals surface area contributed by atoms with Crippen LogP contribution in [0.4, 0.5) is 68.2 Å². The molecule has 0 unspecified atom stereocenters. The van der Waals surface area contributed by atoms with Crippen molar-refractivity contribution in [1.82, 2.24) is 0 Å². The number of para-hydroxylation sites is 4. The maximum atomic E-state index is 6.24. The first kappa shape index (κ1) is 84.9. The van der Waals surface area contributed by atoms with Gasteiger partial charge < -0.3 is 29.1 Å². The summed E-state index contributed by atoms with van der Waals surface area (Å²) in [6.07, 6.45) is 16.1. The van der Waals surface area contributed by atoms with Gasteiger partial charge in [0.25, 0.3) is 0 Å². The van der Waals surface area contributed by atoms with Crippen LogP contribution in [0, 0.1) is 0 Å². The topological polar surface area (TPSA) is 31.4 Å². The number of hydrogen-bond acceptors (Lipinski definition) is 6. The second kappa shape index (κ2) is 40.2. The van der Waals surface area contributed by atoms with E-state index < -0.39 is 0 Å². The van der Waals surface area contributed by atoms with Gasteiger partial charge in [-0.3, -0.25) is 0 Å². The van der Waals surface area contributed by atoms with E-state index in [2.05, 4.69) is 470 Å². The highest BCUT2D eigenvalue weighted by Crippen LogP contribution is 2.46. The summed E-state index contributed by atoms with van der Waals surface area (Å²) < 4.78 is 12.5. The Morgan fingerprint density at radius 3 is 0.644 bits per heavy atom. The van der Waals surface area contributed by atoms with E-state index in [1.165, 1.54) is 163 Å². The normalized spacial score (nSPS) is 11.8. The van der Waals surface area contributed by atoms with Crippen molar-refractivity contribution < 1.29 is 9.47 Å². The van der Waals surface area contributed by atoms with Crippen LogP contribution in [0.25, 0.3) is 77.9 Å². The Hall–Kier alpha value is -15.2. The third-order valence-electron chi connectivity index (χ3n) is 26.6. The van der Waals surface area contributed by atoms with E-state index >= 15 is 0 Å². The summed E-state index contributed by atoms with van der Waals surface area (Å²) in [6, 6.07) is 160. The molecule has 0 heterocycles. The Bertz CT molecular complexity index is 6450. The molecule has 0 bridgehead atoms. The highest BCUT2D eigenvalue weighted by atomic mass is 16.5. The zero-order chi connectivity index (χ0) is 88.7. The molecule has 6 nitrogen and oxygen atoms in total. The predicted molar refractivity (Wildman–Crippen MR) is 555 cm³/mol. The SMILES string of the molecule is CCCCCCc1cc(N(c2ccccc2)c2ccc(-c3ccc(-c4ccc(-c5ccc(N(c6ccccc6)c6ccc(COc7ccc8c(c7)CC8)cc6)cc5)cc4)cc3)cc2)ccc1-c1ccc(N(c2ccccc2)c2ccc(-c3ccc(-c4ccc(-c5ccc(N(c6ccccc6)c6ccc(COc7ccc8c(c7)CC8)cc6)cc5)cc4)cc3)cc2)cc1CCCCCC. The Balaban J connectivity index is 0.514. The molecule has 0 spiro atoms. The van der Waals surface area contributed by atoms with Crippen molar-refractivity contribution in [2.75, 3.05) is 19.6 Å². The highest BCUT2D eigenvalue weighted by Gasteiger charge is 2.24. The lowest BCUT2D eigenvalue weighted by Crippen LogP contribution is -2.11. The van der Waals surface area contributed by atoms with Gasteiger partial charge in [0.05, 0.1) is 0 Å². The summed E-state index contributed by atoms with van der Waals surface area (Å²) >= 11 is 0. The molecule has 0 saturated carbocycles. The Morgan fingerprint density at radius 1 is 0.189 bits per heavy atom. The van der Waals surface area contributed by atoms with E-state index in [9.17, 15) is 0 Å². The highest BCUT2D eigenvalue weighted by molar-refractivity contribution is 5.87. The van der Waals surface area contributed by atoms with Crippen LogP contribution >= 0.6 is 0 Å². The van der Waals surface area contributed by atoms with E-state index in [1.807, 2.05) is 0 Å². The van der Waals surface area contributed by atoms with Crippen LogP contribution < -0.4 is 29.1 Å². The number of rotatable bonds is 35. The zero-order valence-corrected chi connectivity index (χ0v) is 75.5. The number of ether oxygens (including phenoxy) is 2. The summed E-state index contributed by atoms with van der Waals surface area (Å²) in [6.45, 7) is 5.68. The number of anilines is 12. The van der Waals surface area contributed by atoms with E-state index in [1.54, 1.807) is 0 Å². The van der Waals surface area contributed by atoms with Crippen LogP contribution in [0.5, 0.6) is 11.5 Å². The molecule has 6 heteroatoms. The quantitative estimate of drug-likeness (QED) is 0.0368. The first-order valence-electron chi connectivity index (χ1n) is 47.5. The molecule has 0 fully saturated rings. The largest absolute Gasteiger partial charge is 0.489 e. The zero-order valence-electron chi connectivity index (χ0n) is 75.5. The summed E-state index contributed by atoms with van der Waals surface area (Å²) in [5, 5.41) is 0. The van der Waals surface area contributed by atoms with Gasteiger partial charge in [-0.05, 0) is 344 Å². The molecule has 18 aromatic rings. The first-order chi connectivity index (χ1) is 65.3. The van der Waals surface area contributed by atoms with Gasteiger partial charge in [-0.2, -0.15) is 0 Å². The number of benzene rings is 18. The maximum absolute atomic E-state index is 6.24.